The maximum Gasteiger partial charge on any atom is 0.407 e. The lowest BCUT2D eigenvalue weighted by Gasteiger charge is -2.38. The molecule has 6 rings (SSSR count). The molecular weight excluding hydrogens is 766 g/mol. The lowest BCUT2D eigenvalue weighted by molar-refractivity contribution is -0.106. The van der Waals surface area contributed by atoms with E-state index in [0.29, 0.717) is 25.4 Å². The van der Waals surface area contributed by atoms with Crippen molar-refractivity contribution in [1.29, 1.82) is 0 Å². The van der Waals surface area contributed by atoms with Crippen molar-refractivity contribution < 1.29 is 41.7 Å². The first kappa shape index (κ1) is 43.0. The van der Waals surface area contributed by atoms with Crippen LogP contribution < -0.4 is 9.46 Å². The molecule has 3 aromatic carbocycles. The summed E-state index contributed by atoms with van der Waals surface area (Å²) in [6.45, 7) is 7.08. The van der Waals surface area contributed by atoms with Gasteiger partial charge < -0.3 is 28.8 Å². The van der Waals surface area contributed by atoms with E-state index in [1.807, 2.05) is 57.2 Å². The smallest absolute Gasteiger partial charge is 0.407 e. The first-order chi connectivity index (χ1) is 27.6. The van der Waals surface area contributed by atoms with Gasteiger partial charge in [0.05, 0.1) is 18.3 Å². The molecule has 0 unspecified atom stereocenters. The van der Waals surface area contributed by atoms with Crippen LogP contribution >= 0.6 is 0 Å². The number of ether oxygens (including phenoxy) is 3. The van der Waals surface area contributed by atoms with Crippen molar-refractivity contribution >= 4 is 33.1 Å². The Balaban J connectivity index is 1.49. The van der Waals surface area contributed by atoms with Gasteiger partial charge in [-0.25, -0.2) is 13.9 Å². The van der Waals surface area contributed by atoms with E-state index >= 15 is 4.39 Å². The van der Waals surface area contributed by atoms with E-state index in [2.05, 4.69) is 14.2 Å². The number of carbonyl (C=O) groups excluding carboxylic acids is 1. The number of carbonyl (C=O) groups is 2. The summed E-state index contributed by atoms with van der Waals surface area (Å²) in [4.78, 5) is 29.9. The lowest BCUT2D eigenvalue weighted by atomic mass is 9.81. The van der Waals surface area contributed by atoms with Crippen LogP contribution in [0.3, 0.4) is 0 Å². The molecule has 314 valence electrons. The van der Waals surface area contributed by atoms with E-state index in [1.54, 1.807) is 18.2 Å². The lowest BCUT2D eigenvalue weighted by Crippen LogP contribution is -2.51. The van der Waals surface area contributed by atoms with Gasteiger partial charge in [-0.1, -0.05) is 55.7 Å². The first-order valence-corrected chi connectivity index (χ1v) is 21.3. The molecule has 1 fully saturated rings. The summed E-state index contributed by atoms with van der Waals surface area (Å²) in [7, 11) is -0.151. The fourth-order valence-electron chi connectivity index (χ4n) is 8.25. The molecule has 1 atom stereocenters. The second-order valence-electron chi connectivity index (χ2n) is 16.2. The Hall–Kier alpha value is -4.54. The van der Waals surface area contributed by atoms with Crippen LogP contribution in [0.25, 0.3) is 22.2 Å². The summed E-state index contributed by atoms with van der Waals surface area (Å²) >= 11 is 0. The molecule has 0 radical (unpaired) electrons. The summed E-state index contributed by atoms with van der Waals surface area (Å²) in [5, 5.41) is 11.1. The van der Waals surface area contributed by atoms with Crippen LogP contribution in [0, 0.1) is 5.82 Å². The van der Waals surface area contributed by atoms with Gasteiger partial charge >= 0.3 is 16.3 Å². The number of likely N-dealkylation sites (N-methyl/N-ethyl adjacent to an activating group) is 1. The topological polar surface area (TPSA) is 143 Å². The minimum atomic E-state index is -4.28. The number of halogens is 1. The number of fused-ring (bicyclic) bond motifs is 5. The number of aromatic nitrogens is 1. The highest BCUT2D eigenvalue weighted by atomic mass is 32.2. The Bertz CT molecular complexity index is 2180. The molecule has 4 aromatic rings. The number of benzene rings is 3. The first-order valence-electron chi connectivity index (χ1n) is 19.8. The van der Waals surface area contributed by atoms with Crippen LogP contribution in [0.5, 0.6) is 5.75 Å². The zero-order chi connectivity index (χ0) is 41.8. The number of nitrogens with zero attached hydrogens (tertiary/aromatic N) is 4. The third-order valence-electron chi connectivity index (χ3n) is 11.4. The zero-order valence-electron chi connectivity index (χ0n) is 34.2. The predicted molar refractivity (Wildman–Crippen MR) is 221 cm³/mol. The second-order valence-corrected chi connectivity index (χ2v) is 18.0. The molecule has 1 aromatic heterocycles. The summed E-state index contributed by atoms with van der Waals surface area (Å²) < 4.78 is 63.9. The monoisotopic (exact) mass is 821 g/mol. The van der Waals surface area contributed by atoms with Crippen LogP contribution in [0.4, 0.5) is 9.18 Å². The van der Waals surface area contributed by atoms with Crippen LogP contribution in [-0.2, 0) is 32.8 Å². The van der Waals surface area contributed by atoms with Gasteiger partial charge in [-0.3, -0.25) is 9.69 Å². The van der Waals surface area contributed by atoms with Gasteiger partial charge in [-0.2, -0.15) is 12.7 Å². The predicted octanol–water partition coefficient (Wildman–Crippen LogP) is 7.06. The van der Waals surface area contributed by atoms with E-state index < -0.39 is 39.9 Å². The summed E-state index contributed by atoms with van der Waals surface area (Å²) in [6.07, 6.45) is 3.33. The highest BCUT2D eigenvalue weighted by Gasteiger charge is 2.34. The minimum absolute atomic E-state index is 0.144. The van der Waals surface area contributed by atoms with Crippen molar-refractivity contribution in [2.24, 2.45) is 0 Å². The standard InChI is InChI=1S/C43H56FN5O8S/c1-43(2,3)49(42(51)52)22-21-47(25-29-13-9-7-10-14-29)33-26-48-36-23-31(41(50)45-58(53,54)46(4)27-38(55-5)56-6)17-19-34(36)39(30-15-11-8-12-16-30)40(48)35-20-18-32(44)24-37(35)57-28-33/h7,9-10,13-14,17-20,23-24,30,33,38H,8,11-12,15-16,21-22,25-28H2,1-6H3,(H,45,50)(H,51,52)/t33-/m1/s1. The van der Waals surface area contributed by atoms with Gasteiger partial charge in [-0.15, -0.1) is 0 Å². The Morgan fingerprint density at radius 3 is 2.36 bits per heavy atom. The molecule has 2 aliphatic rings. The number of carboxylic acid groups (broad SMARTS) is 1. The quantitative estimate of drug-likeness (QED) is 0.128. The molecule has 0 spiro atoms. The largest absolute Gasteiger partial charge is 0.491 e. The molecule has 2 heterocycles. The normalized spacial score (nSPS) is 16.5. The van der Waals surface area contributed by atoms with Crippen molar-refractivity contribution in [3.05, 3.63) is 89.2 Å². The average molecular weight is 822 g/mol. The number of nitrogens with one attached hydrogen (secondary N) is 1. The summed E-state index contributed by atoms with van der Waals surface area (Å²) in [5.74, 6) is -0.661. The third kappa shape index (κ3) is 9.66. The Kier molecular flexibility index (Phi) is 13.5. The Labute approximate surface area is 340 Å². The molecule has 58 heavy (non-hydrogen) atoms. The van der Waals surface area contributed by atoms with Gasteiger partial charge in [0.25, 0.3) is 5.91 Å². The molecule has 1 saturated carbocycles. The average Bonchev–Trinajstić information content (AvgIpc) is 3.49. The van der Waals surface area contributed by atoms with Gasteiger partial charge in [0, 0.05) is 81.1 Å². The van der Waals surface area contributed by atoms with Crippen LogP contribution in [0.2, 0.25) is 0 Å². The van der Waals surface area contributed by atoms with Gasteiger partial charge in [0.15, 0.2) is 6.29 Å². The number of rotatable bonds is 14. The van der Waals surface area contributed by atoms with Crippen LogP contribution in [0.15, 0.2) is 66.7 Å². The number of hydrogen-bond acceptors (Lipinski definition) is 8. The zero-order valence-corrected chi connectivity index (χ0v) is 35.1. The van der Waals surface area contributed by atoms with Crippen molar-refractivity contribution in [2.45, 2.75) is 89.8 Å². The Morgan fingerprint density at radius 1 is 1.00 bits per heavy atom. The fourth-order valence-corrected chi connectivity index (χ4v) is 9.07. The van der Waals surface area contributed by atoms with E-state index in [1.165, 1.54) is 38.3 Å². The molecule has 2 N–H and O–H groups in total. The van der Waals surface area contributed by atoms with Gasteiger partial charge in [0.2, 0.25) is 0 Å². The van der Waals surface area contributed by atoms with Crippen molar-refractivity contribution in [3.8, 4) is 17.0 Å². The maximum atomic E-state index is 15.1. The van der Waals surface area contributed by atoms with Crippen molar-refractivity contribution in [2.75, 3.05) is 47.5 Å². The molecule has 0 bridgehead atoms. The van der Waals surface area contributed by atoms with E-state index in [9.17, 15) is 23.1 Å². The highest BCUT2D eigenvalue weighted by molar-refractivity contribution is 7.87. The summed E-state index contributed by atoms with van der Waals surface area (Å²) in [6, 6.07) is 19.5. The van der Waals surface area contributed by atoms with Crippen LogP contribution in [0.1, 0.15) is 80.3 Å². The van der Waals surface area contributed by atoms with E-state index in [-0.39, 0.29) is 37.2 Å². The fraction of sp³-hybridized carbons (Fsp3) is 0.488. The van der Waals surface area contributed by atoms with Gasteiger partial charge in [-0.05, 0) is 74.9 Å². The van der Waals surface area contributed by atoms with Gasteiger partial charge in [0.1, 0.15) is 18.2 Å². The highest BCUT2D eigenvalue weighted by Crippen LogP contribution is 2.47. The maximum absolute atomic E-state index is 15.1. The second kappa shape index (κ2) is 18.2. The molecule has 13 nitrogen and oxygen atoms in total. The Morgan fingerprint density at radius 2 is 1.71 bits per heavy atom. The SMILES string of the molecule is COC(CN(C)S(=O)(=O)NC(=O)c1ccc2c(C3CCCCC3)c3n(c2c1)C[C@@H](N(CCN(C(=O)O)C(C)(C)C)Cc1ccccc1)COc1cc(F)ccc1-3)OC. The van der Waals surface area contributed by atoms with E-state index in [0.717, 1.165) is 69.7 Å². The number of hydrogen-bond donors (Lipinski definition) is 2. The minimum Gasteiger partial charge on any atom is -0.491 e. The molecular formula is C43H56FN5O8S. The molecule has 1 aliphatic carbocycles. The third-order valence-corrected chi connectivity index (χ3v) is 12.8. The number of amides is 2. The molecule has 1 aliphatic heterocycles. The van der Waals surface area contributed by atoms with Crippen LogP contribution in [-0.4, -0.2) is 110 Å². The molecule has 2 amide bonds. The molecule has 0 saturated heterocycles. The molecule has 15 heteroatoms. The van der Waals surface area contributed by atoms with E-state index in [4.69, 9.17) is 14.2 Å². The van der Waals surface area contributed by atoms with Crippen molar-refractivity contribution in [1.82, 2.24) is 23.4 Å². The summed E-state index contributed by atoms with van der Waals surface area (Å²) in [5.41, 5.74) is 3.96. The number of methoxy groups -OCH3 is 2. The van der Waals surface area contributed by atoms with Crippen molar-refractivity contribution in [3.63, 3.8) is 0 Å².